The normalized spacial score (nSPS) is 18.9. The minimum absolute atomic E-state index is 0.0604. The Morgan fingerprint density at radius 3 is 2.89 bits per heavy atom. The average molecular weight is 251 g/mol. The van der Waals surface area contributed by atoms with Crippen LogP contribution in [-0.4, -0.2) is 44.7 Å². The zero-order valence-electron chi connectivity index (χ0n) is 9.63. The largest absolute Gasteiger partial charge is 0.481 e. The van der Waals surface area contributed by atoms with Gasteiger partial charge in [0.05, 0.1) is 6.42 Å². The standard InChI is InChI=1S/C11H13N3O4/c15-9-4-3-8(12-13-9)11(18)14-5-1-2-7(14)6-10(16)17/h3-4,7H,1-2,5-6H2,(H,13,15)(H,16,17). The number of aromatic amines is 1. The number of nitrogens with one attached hydrogen (secondary N) is 1. The summed E-state index contributed by atoms with van der Waals surface area (Å²) in [5, 5.41) is 14.6. The predicted octanol–water partition coefficient (Wildman–Crippen LogP) is -0.151. The summed E-state index contributed by atoms with van der Waals surface area (Å²) in [6.07, 6.45) is 1.41. The van der Waals surface area contributed by atoms with Crippen molar-refractivity contribution >= 4 is 11.9 Å². The van der Waals surface area contributed by atoms with Crippen molar-refractivity contribution in [2.45, 2.75) is 25.3 Å². The van der Waals surface area contributed by atoms with E-state index in [1.165, 1.54) is 17.0 Å². The van der Waals surface area contributed by atoms with Crippen molar-refractivity contribution in [2.75, 3.05) is 6.54 Å². The highest BCUT2D eigenvalue weighted by atomic mass is 16.4. The first kappa shape index (κ1) is 12.3. The Kier molecular flexibility index (Phi) is 3.40. The smallest absolute Gasteiger partial charge is 0.305 e. The topological polar surface area (TPSA) is 103 Å². The maximum atomic E-state index is 12.1. The molecule has 1 atom stereocenters. The molecule has 0 bridgehead atoms. The monoisotopic (exact) mass is 251 g/mol. The molecule has 1 aromatic rings. The number of carbonyl (C=O) groups excluding carboxylic acids is 1. The highest BCUT2D eigenvalue weighted by Crippen LogP contribution is 2.21. The van der Waals surface area contributed by atoms with Gasteiger partial charge in [0.1, 0.15) is 5.69 Å². The van der Waals surface area contributed by atoms with Crippen molar-refractivity contribution in [1.29, 1.82) is 0 Å². The molecule has 1 unspecified atom stereocenters. The quantitative estimate of drug-likeness (QED) is 0.777. The Morgan fingerprint density at radius 2 is 2.28 bits per heavy atom. The maximum absolute atomic E-state index is 12.1. The molecule has 0 spiro atoms. The molecule has 0 saturated carbocycles. The van der Waals surface area contributed by atoms with Crippen molar-refractivity contribution < 1.29 is 14.7 Å². The van der Waals surface area contributed by atoms with E-state index in [4.69, 9.17) is 5.11 Å². The number of amides is 1. The van der Waals surface area contributed by atoms with Crippen molar-refractivity contribution in [3.8, 4) is 0 Å². The summed E-state index contributed by atoms with van der Waals surface area (Å²) in [4.78, 5) is 35.2. The first-order chi connectivity index (χ1) is 8.58. The van der Waals surface area contributed by atoms with E-state index in [-0.39, 0.29) is 29.6 Å². The van der Waals surface area contributed by atoms with Gasteiger partial charge in [0.15, 0.2) is 0 Å². The first-order valence-corrected chi connectivity index (χ1v) is 5.66. The van der Waals surface area contributed by atoms with E-state index in [1.54, 1.807) is 0 Å². The SMILES string of the molecule is O=C(O)CC1CCCN1C(=O)c1ccc(=O)[nH]n1. The molecule has 1 fully saturated rings. The number of rotatable bonds is 3. The number of aromatic nitrogens is 2. The zero-order chi connectivity index (χ0) is 13.1. The minimum atomic E-state index is -0.922. The summed E-state index contributed by atoms with van der Waals surface area (Å²) < 4.78 is 0. The summed E-state index contributed by atoms with van der Waals surface area (Å²) in [7, 11) is 0. The lowest BCUT2D eigenvalue weighted by Crippen LogP contribution is -2.37. The molecule has 96 valence electrons. The molecule has 2 rings (SSSR count). The van der Waals surface area contributed by atoms with Gasteiger partial charge in [0.25, 0.3) is 11.5 Å². The Labute approximate surface area is 102 Å². The third-order valence-corrected chi connectivity index (χ3v) is 2.95. The van der Waals surface area contributed by atoms with E-state index in [9.17, 15) is 14.4 Å². The second kappa shape index (κ2) is 4.99. The van der Waals surface area contributed by atoms with Crippen LogP contribution in [0.4, 0.5) is 0 Å². The Hall–Kier alpha value is -2.18. The van der Waals surface area contributed by atoms with Gasteiger partial charge in [-0.25, -0.2) is 5.10 Å². The summed E-state index contributed by atoms with van der Waals surface area (Å²) >= 11 is 0. The summed E-state index contributed by atoms with van der Waals surface area (Å²) in [6.45, 7) is 0.525. The molecule has 18 heavy (non-hydrogen) atoms. The molecule has 0 aromatic carbocycles. The predicted molar refractivity (Wildman–Crippen MR) is 61.2 cm³/mol. The van der Waals surface area contributed by atoms with Crippen molar-refractivity contribution in [1.82, 2.24) is 15.1 Å². The average Bonchev–Trinajstić information content (AvgIpc) is 2.76. The molecule has 1 amide bonds. The van der Waals surface area contributed by atoms with Gasteiger partial charge in [-0.1, -0.05) is 0 Å². The van der Waals surface area contributed by atoms with Crippen LogP contribution >= 0.6 is 0 Å². The van der Waals surface area contributed by atoms with Crippen molar-refractivity contribution in [2.24, 2.45) is 0 Å². The van der Waals surface area contributed by atoms with Crippen LogP contribution in [0.2, 0.25) is 0 Å². The molecule has 7 heteroatoms. The van der Waals surface area contributed by atoms with Crippen LogP contribution < -0.4 is 5.56 Å². The first-order valence-electron chi connectivity index (χ1n) is 5.66. The van der Waals surface area contributed by atoms with E-state index in [1.807, 2.05) is 0 Å². The number of hydrogen-bond acceptors (Lipinski definition) is 4. The molecule has 7 nitrogen and oxygen atoms in total. The second-order valence-electron chi connectivity index (χ2n) is 4.20. The molecule has 0 aliphatic carbocycles. The van der Waals surface area contributed by atoms with Gasteiger partial charge in [-0.15, -0.1) is 0 Å². The number of carboxylic acids is 1. The van der Waals surface area contributed by atoms with Gasteiger partial charge in [0, 0.05) is 18.7 Å². The lowest BCUT2D eigenvalue weighted by Gasteiger charge is -2.22. The lowest BCUT2D eigenvalue weighted by molar-refractivity contribution is -0.137. The Balaban J connectivity index is 2.14. The molecular formula is C11H13N3O4. The fourth-order valence-corrected chi connectivity index (χ4v) is 2.13. The van der Waals surface area contributed by atoms with Crippen LogP contribution in [0.1, 0.15) is 29.8 Å². The number of likely N-dealkylation sites (tertiary alicyclic amines) is 1. The van der Waals surface area contributed by atoms with E-state index in [0.29, 0.717) is 13.0 Å². The molecule has 1 saturated heterocycles. The number of H-pyrrole nitrogens is 1. The van der Waals surface area contributed by atoms with E-state index < -0.39 is 5.97 Å². The van der Waals surface area contributed by atoms with Crippen LogP contribution in [-0.2, 0) is 4.79 Å². The fourth-order valence-electron chi connectivity index (χ4n) is 2.13. The minimum Gasteiger partial charge on any atom is -0.481 e. The van der Waals surface area contributed by atoms with Gasteiger partial charge in [-0.3, -0.25) is 14.4 Å². The van der Waals surface area contributed by atoms with Gasteiger partial charge < -0.3 is 10.0 Å². The lowest BCUT2D eigenvalue weighted by atomic mass is 10.1. The van der Waals surface area contributed by atoms with E-state index in [0.717, 1.165) is 6.42 Å². The molecule has 2 heterocycles. The number of carbonyl (C=O) groups is 2. The van der Waals surface area contributed by atoms with Crippen LogP contribution in [0.5, 0.6) is 0 Å². The fraction of sp³-hybridized carbons (Fsp3) is 0.455. The van der Waals surface area contributed by atoms with Crippen LogP contribution in [0.15, 0.2) is 16.9 Å². The molecule has 1 aliphatic rings. The number of carboxylic acid groups (broad SMARTS) is 1. The van der Waals surface area contributed by atoms with Crippen molar-refractivity contribution in [3.05, 3.63) is 28.2 Å². The van der Waals surface area contributed by atoms with Crippen LogP contribution in [0, 0.1) is 0 Å². The summed E-state index contributed by atoms with van der Waals surface area (Å²) in [5.41, 5.74) is -0.248. The van der Waals surface area contributed by atoms with Gasteiger partial charge in [0.2, 0.25) is 0 Å². The van der Waals surface area contributed by atoms with Crippen LogP contribution in [0.3, 0.4) is 0 Å². The molecule has 1 aliphatic heterocycles. The molecule has 1 aromatic heterocycles. The van der Waals surface area contributed by atoms with Gasteiger partial charge in [-0.2, -0.15) is 5.10 Å². The molecule has 0 radical (unpaired) electrons. The van der Waals surface area contributed by atoms with Gasteiger partial charge >= 0.3 is 5.97 Å². The van der Waals surface area contributed by atoms with Crippen LogP contribution in [0.25, 0.3) is 0 Å². The highest BCUT2D eigenvalue weighted by molar-refractivity contribution is 5.92. The van der Waals surface area contributed by atoms with Gasteiger partial charge in [-0.05, 0) is 18.9 Å². The Morgan fingerprint density at radius 1 is 1.50 bits per heavy atom. The molecule has 2 N–H and O–H groups in total. The number of hydrogen-bond donors (Lipinski definition) is 2. The third-order valence-electron chi connectivity index (χ3n) is 2.95. The maximum Gasteiger partial charge on any atom is 0.305 e. The third kappa shape index (κ3) is 2.55. The van der Waals surface area contributed by atoms with Crippen molar-refractivity contribution in [3.63, 3.8) is 0 Å². The Bertz CT molecular complexity index is 505. The number of nitrogens with zero attached hydrogens (tertiary/aromatic N) is 2. The number of aliphatic carboxylic acids is 1. The highest BCUT2D eigenvalue weighted by Gasteiger charge is 2.31. The summed E-state index contributed by atoms with van der Waals surface area (Å²) in [6, 6.07) is 2.28. The molecular weight excluding hydrogens is 238 g/mol. The van der Waals surface area contributed by atoms with E-state index >= 15 is 0 Å². The zero-order valence-corrected chi connectivity index (χ0v) is 9.63. The second-order valence-corrected chi connectivity index (χ2v) is 4.20. The summed E-state index contributed by atoms with van der Waals surface area (Å²) in [5.74, 6) is -1.26. The van der Waals surface area contributed by atoms with E-state index in [2.05, 4.69) is 10.2 Å².